The van der Waals surface area contributed by atoms with Gasteiger partial charge in [-0.1, -0.05) is 24.9 Å². The Morgan fingerprint density at radius 2 is 2.19 bits per heavy atom. The van der Waals surface area contributed by atoms with Crippen LogP contribution in [-0.4, -0.2) is 35.7 Å². The van der Waals surface area contributed by atoms with Gasteiger partial charge in [-0.2, -0.15) is 4.98 Å². The van der Waals surface area contributed by atoms with Crippen molar-refractivity contribution in [3.8, 4) is 12.3 Å². The predicted molar refractivity (Wildman–Crippen MR) is 94.9 cm³/mol. The molecular weight excluding hydrogens is 381 g/mol. The summed E-state index contributed by atoms with van der Waals surface area (Å²) in [4.78, 5) is 8.75. The molecule has 0 atom stereocenters. The Bertz CT molecular complexity index is 464. The van der Waals surface area contributed by atoms with Crippen LogP contribution < -0.4 is 10.6 Å². The van der Waals surface area contributed by atoms with E-state index in [1.807, 2.05) is 20.8 Å². The number of aromatic nitrogens is 2. The molecule has 6 nitrogen and oxygen atoms in total. The van der Waals surface area contributed by atoms with Crippen molar-refractivity contribution in [2.24, 2.45) is 4.99 Å². The van der Waals surface area contributed by atoms with Crippen molar-refractivity contribution in [3.63, 3.8) is 0 Å². The highest BCUT2D eigenvalue weighted by Gasteiger charge is 2.08. The molecule has 7 heteroatoms. The zero-order valence-electron chi connectivity index (χ0n) is 12.8. The average molecular weight is 405 g/mol. The smallest absolute Gasteiger partial charge is 0.226 e. The first-order valence-electron chi connectivity index (χ1n) is 6.95. The molecule has 0 radical (unpaired) electrons. The monoisotopic (exact) mass is 405 g/mol. The Kier molecular flexibility index (Phi) is 10.7. The summed E-state index contributed by atoms with van der Waals surface area (Å²) in [6, 6.07) is 0. The van der Waals surface area contributed by atoms with E-state index in [9.17, 15) is 0 Å². The van der Waals surface area contributed by atoms with Crippen LogP contribution in [0.5, 0.6) is 0 Å². The van der Waals surface area contributed by atoms with Gasteiger partial charge in [0, 0.05) is 25.4 Å². The van der Waals surface area contributed by atoms with Gasteiger partial charge in [0.25, 0.3) is 0 Å². The maximum Gasteiger partial charge on any atom is 0.226 e. The quantitative estimate of drug-likeness (QED) is 0.239. The van der Waals surface area contributed by atoms with Gasteiger partial charge in [0.2, 0.25) is 5.89 Å². The van der Waals surface area contributed by atoms with Gasteiger partial charge in [-0.3, -0.25) is 4.99 Å². The minimum atomic E-state index is 0. The van der Waals surface area contributed by atoms with E-state index in [0.29, 0.717) is 24.9 Å². The molecule has 1 aromatic heterocycles. The first kappa shape index (κ1) is 19.7. The molecule has 0 fully saturated rings. The maximum absolute atomic E-state index is 5.21. The summed E-state index contributed by atoms with van der Waals surface area (Å²) < 4.78 is 5.18. The number of aryl methyl sites for hydroxylation is 1. The summed E-state index contributed by atoms with van der Waals surface area (Å²) in [5, 5.41) is 10.1. The SMILES string of the molecule is C#CCNC(=NCCCc1nc(C(C)C)no1)NCC.I. The van der Waals surface area contributed by atoms with E-state index in [-0.39, 0.29) is 24.0 Å². The molecule has 1 rings (SSSR count). The minimum Gasteiger partial charge on any atom is -0.357 e. The molecule has 21 heavy (non-hydrogen) atoms. The van der Waals surface area contributed by atoms with Crippen molar-refractivity contribution >= 4 is 29.9 Å². The Labute approximate surface area is 143 Å². The predicted octanol–water partition coefficient (Wildman–Crippen LogP) is 1.93. The number of rotatable bonds is 7. The van der Waals surface area contributed by atoms with Crippen LogP contribution in [0.25, 0.3) is 0 Å². The molecule has 0 aliphatic heterocycles. The number of terminal acetylenes is 1. The molecule has 0 unspecified atom stereocenters. The fraction of sp³-hybridized carbons (Fsp3) is 0.643. The van der Waals surface area contributed by atoms with Gasteiger partial charge >= 0.3 is 0 Å². The fourth-order valence-electron chi connectivity index (χ4n) is 1.50. The van der Waals surface area contributed by atoms with Gasteiger partial charge < -0.3 is 15.2 Å². The lowest BCUT2D eigenvalue weighted by Gasteiger charge is -2.08. The lowest BCUT2D eigenvalue weighted by molar-refractivity contribution is 0.369. The lowest BCUT2D eigenvalue weighted by Crippen LogP contribution is -2.37. The summed E-state index contributed by atoms with van der Waals surface area (Å²) in [6.07, 6.45) is 6.80. The van der Waals surface area contributed by atoms with Gasteiger partial charge in [-0.15, -0.1) is 30.4 Å². The second kappa shape index (κ2) is 11.4. The molecule has 0 aliphatic rings. The number of halogens is 1. The molecule has 0 amide bonds. The molecular formula is C14H24IN5O. The van der Waals surface area contributed by atoms with E-state index in [1.165, 1.54) is 0 Å². The van der Waals surface area contributed by atoms with Gasteiger partial charge in [0.1, 0.15) is 0 Å². The number of hydrogen-bond acceptors (Lipinski definition) is 4. The normalized spacial score (nSPS) is 10.9. The first-order valence-corrected chi connectivity index (χ1v) is 6.95. The Balaban J connectivity index is 0.00000400. The van der Waals surface area contributed by atoms with Gasteiger partial charge in [0.05, 0.1) is 6.54 Å². The molecule has 0 saturated carbocycles. The Morgan fingerprint density at radius 1 is 1.43 bits per heavy atom. The van der Waals surface area contributed by atoms with Crippen molar-refractivity contribution in [2.45, 2.75) is 39.5 Å². The third-order valence-corrected chi connectivity index (χ3v) is 2.52. The van der Waals surface area contributed by atoms with E-state index in [2.05, 4.69) is 31.7 Å². The zero-order valence-corrected chi connectivity index (χ0v) is 15.2. The summed E-state index contributed by atoms with van der Waals surface area (Å²) in [7, 11) is 0. The molecule has 1 aromatic rings. The average Bonchev–Trinajstić information content (AvgIpc) is 2.89. The molecule has 0 spiro atoms. The van der Waals surface area contributed by atoms with Gasteiger partial charge in [-0.25, -0.2) is 0 Å². The third kappa shape index (κ3) is 7.90. The van der Waals surface area contributed by atoms with Gasteiger partial charge in [-0.05, 0) is 13.3 Å². The largest absolute Gasteiger partial charge is 0.357 e. The van der Waals surface area contributed by atoms with Gasteiger partial charge in [0.15, 0.2) is 11.8 Å². The second-order valence-electron chi connectivity index (χ2n) is 4.62. The Morgan fingerprint density at radius 3 is 2.76 bits per heavy atom. The molecule has 2 N–H and O–H groups in total. The molecule has 0 aromatic carbocycles. The highest BCUT2D eigenvalue weighted by molar-refractivity contribution is 14.0. The van der Waals surface area contributed by atoms with Crippen molar-refractivity contribution in [1.82, 2.24) is 20.8 Å². The van der Waals surface area contributed by atoms with Crippen LogP contribution in [0, 0.1) is 12.3 Å². The standard InChI is InChI=1S/C14H23N5O.HI/c1-5-9-16-14(15-6-2)17-10-7-8-12-18-13(11(3)4)19-20-12;/h1,11H,6-10H2,2-4H3,(H2,15,16,17);1H. The number of aliphatic imine (C=N–C) groups is 1. The topological polar surface area (TPSA) is 75.3 Å². The third-order valence-electron chi connectivity index (χ3n) is 2.52. The van der Waals surface area contributed by atoms with E-state index < -0.39 is 0 Å². The lowest BCUT2D eigenvalue weighted by atomic mass is 10.2. The summed E-state index contributed by atoms with van der Waals surface area (Å²) in [5.74, 6) is 4.98. The first-order chi connectivity index (χ1) is 9.67. The maximum atomic E-state index is 5.21. The summed E-state index contributed by atoms with van der Waals surface area (Å²) >= 11 is 0. The van der Waals surface area contributed by atoms with Crippen molar-refractivity contribution in [3.05, 3.63) is 11.7 Å². The van der Waals surface area contributed by atoms with Crippen LogP contribution in [0.3, 0.4) is 0 Å². The summed E-state index contributed by atoms with van der Waals surface area (Å²) in [5.41, 5.74) is 0. The van der Waals surface area contributed by atoms with Crippen molar-refractivity contribution in [1.29, 1.82) is 0 Å². The molecule has 0 aliphatic carbocycles. The number of nitrogens with one attached hydrogen (secondary N) is 2. The zero-order chi connectivity index (χ0) is 14.8. The van der Waals surface area contributed by atoms with E-state index in [1.54, 1.807) is 0 Å². The molecule has 0 saturated heterocycles. The Hall–Kier alpha value is -1.30. The minimum absolute atomic E-state index is 0. The molecule has 1 heterocycles. The summed E-state index contributed by atoms with van der Waals surface area (Å²) in [6.45, 7) is 8.04. The van der Waals surface area contributed by atoms with E-state index in [0.717, 1.165) is 31.2 Å². The van der Waals surface area contributed by atoms with E-state index >= 15 is 0 Å². The van der Waals surface area contributed by atoms with Crippen LogP contribution >= 0.6 is 24.0 Å². The second-order valence-corrected chi connectivity index (χ2v) is 4.62. The molecule has 118 valence electrons. The number of guanidine groups is 1. The van der Waals surface area contributed by atoms with Crippen LogP contribution in [0.1, 0.15) is 44.8 Å². The van der Waals surface area contributed by atoms with Crippen LogP contribution in [0.15, 0.2) is 9.52 Å². The van der Waals surface area contributed by atoms with Crippen LogP contribution in [0.4, 0.5) is 0 Å². The van der Waals surface area contributed by atoms with Crippen LogP contribution in [-0.2, 0) is 6.42 Å². The fourth-order valence-corrected chi connectivity index (χ4v) is 1.50. The highest BCUT2D eigenvalue weighted by Crippen LogP contribution is 2.10. The highest BCUT2D eigenvalue weighted by atomic mass is 127. The van der Waals surface area contributed by atoms with E-state index in [4.69, 9.17) is 10.9 Å². The van der Waals surface area contributed by atoms with Crippen LogP contribution in [0.2, 0.25) is 0 Å². The van der Waals surface area contributed by atoms with Crippen molar-refractivity contribution in [2.75, 3.05) is 19.6 Å². The van der Waals surface area contributed by atoms with Crippen molar-refractivity contribution < 1.29 is 4.52 Å². The number of hydrogen-bond donors (Lipinski definition) is 2. The molecule has 0 bridgehead atoms. The number of nitrogens with zero attached hydrogens (tertiary/aromatic N) is 3.